The Morgan fingerprint density at radius 3 is 2.89 bits per heavy atom. The van der Waals surface area contributed by atoms with Gasteiger partial charge in [-0.25, -0.2) is 0 Å². The third-order valence-electron chi connectivity index (χ3n) is 2.78. The predicted octanol–water partition coefficient (Wildman–Crippen LogP) is 1.74. The zero-order chi connectivity index (χ0) is 13.8. The Hall–Kier alpha value is -1.37. The van der Waals surface area contributed by atoms with Crippen molar-refractivity contribution in [2.24, 2.45) is 0 Å². The van der Waals surface area contributed by atoms with Crippen LogP contribution in [0.15, 0.2) is 18.2 Å². The topological polar surface area (TPSA) is 84.6 Å². The summed E-state index contributed by atoms with van der Waals surface area (Å²) in [7, 11) is 0. The average Bonchev–Trinajstić information content (AvgIpc) is 3.17. The van der Waals surface area contributed by atoms with E-state index in [1.54, 1.807) is 0 Å². The van der Waals surface area contributed by atoms with Gasteiger partial charge in [0.25, 0.3) is 5.69 Å². The Kier molecular flexibility index (Phi) is 4.57. The van der Waals surface area contributed by atoms with Crippen LogP contribution in [0.25, 0.3) is 0 Å². The predicted molar refractivity (Wildman–Crippen MR) is 70.6 cm³/mol. The molecule has 104 valence electrons. The standard InChI is InChI=1S/C12H15ClN2O4/c13-11-5-10(3-4-12(11)15(17)18)19-7-9(16)6-14-8-1-2-8/h3-5,8-9,14,16H,1-2,6-7H2. The number of nitro benzene ring substituents is 1. The number of rotatable bonds is 7. The molecule has 1 fully saturated rings. The fourth-order valence-electron chi connectivity index (χ4n) is 1.57. The molecule has 1 atom stereocenters. The summed E-state index contributed by atoms with van der Waals surface area (Å²) >= 11 is 5.75. The molecule has 7 heteroatoms. The van der Waals surface area contributed by atoms with Crippen molar-refractivity contribution in [2.45, 2.75) is 25.0 Å². The van der Waals surface area contributed by atoms with Gasteiger partial charge in [0.1, 0.15) is 23.5 Å². The molecule has 0 bridgehead atoms. The molecule has 1 aromatic rings. The van der Waals surface area contributed by atoms with Crippen LogP contribution in [0.5, 0.6) is 5.75 Å². The molecular formula is C12H15ClN2O4. The summed E-state index contributed by atoms with van der Waals surface area (Å²) in [5, 5.41) is 23.5. The maximum Gasteiger partial charge on any atom is 0.288 e. The number of nitro groups is 1. The molecule has 19 heavy (non-hydrogen) atoms. The number of benzene rings is 1. The van der Waals surface area contributed by atoms with Gasteiger partial charge >= 0.3 is 0 Å². The maximum atomic E-state index is 10.6. The van der Waals surface area contributed by atoms with E-state index in [1.807, 2.05) is 0 Å². The number of halogens is 1. The first-order chi connectivity index (χ1) is 9.06. The monoisotopic (exact) mass is 286 g/mol. The second kappa shape index (κ2) is 6.18. The van der Waals surface area contributed by atoms with Crippen LogP contribution in [-0.2, 0) is 0 Å². The Morgan fingerprint density at radius 2 is 2.32 bits per heavy atom. The molecule has 2 rings (SSSR count). The van der Waals surface area contributed by atoms with Crippen LogP contribution in [0, 0.1) is 10.1 Å². The SMILES string of the molecule is O=[N+]([O-])c1ccc(OCC(O)CNC2CC2)cc1Cl. The van der Waals surface area contributed by atoms with Crippen LogP contribution >= 0.6 is 11.6 Å². The van der Waals surface area contributed by atoms with E-state index in [0.29, 0.717) is 18.3 Å². The second-order valence-electron chi connectivity index (χ2n) is 4.52. The van der Waals surface area contributed by atoms with Crippen LogP contribution in [0.1, 0.15) is 12.8 Å². The summed E-state index contributed by atoms with van der Waals surface area (Å²) in [5.74, 6) is 0.404. The fourth-order valence-corrected chi connectivity index (χ4v) is 1.81. The molecule has 0 spiro atoms. The third-order valence-corrected chi connectivity index (χ3v) is 3.08. The molecule has 0 heterocycles. The van der Waals surface area contributed by atoms with E-state index < -0.39 is 11.0 Å². The van der Waals surface area contributed by atoms with Crippen molar-refractivity contribution in [2.75, 3.05) is 13.2 Å². The zero-order valence-corrected chi connectivity index (χ0v) is 11.0. The smallest absolute Gasteiger partial charge is 0.288 e. The van der Waals surface area contributed by atoms with Gasteiger partial charge in [-0.15, -0.1) is 0 Å². The molecule has 0 aromatic heterocycles. The summed E-state index contributed by atoms with van der Waals surface area (Å²) in [6.07, 6.45) is 1.70. The lowest BCUT2D eigenvalue weighted by Crippen LogP contribution is -2.32. The molecule has 1 aromatic carbocycles. The Morgan fingerprint density at radius 1 is 1.58 bits per heavy atom. The number of nitrogens with zero attached hydrogens (tertiary/aromatic N) is 1. The van der Waals surface area contributed by atoms with Crippen molar-refractivity contribution in [3.63, 3.8) is 0 Å². The van der Waals surface area contributed by atoms with Gasteiger partial charge in [-0.1, -0.05) is 11.6 Å². The molecule has 1 saturated carbocycles. The van der Waals surface area contributed by atoms with Gasteiger partial charge < -0.3 is 15.2 Å². The van der Waals surface area contributed by atoms with Gasteiger partial charge in [-0.05, 0) is 18.9 Å². The van der Waals surface area contributed by atoms with E-state index in [9.17, 15) is 15.2 Å². The van der Waals surface area contributed by atoms with E-state index in [4.69, 9.17) is 16.3 Å². The Bertz CT molecular complexity index is 465. The van der Waals surface area contributed by atoms with Gasteiger partial charge in [-0.3, -0.25) is 10.1 Å². The van der Waals surface area contributed by atoms with Crippen LogP contribution in [0.2, 0.25) is 5.02 Å². The van der Waals surface area contributed by atoms with Crippen LogP contribution < -0.4 is 10.1 Å². The lowest BCUT2D eigenvalue weighted by atomic mass is 10.3. The zero-order valence-electron chi connectivity index (χ0n) is 10.2. The first kappa shape index (κ1) is 14.0. The molecular weight excluding hydrogens is 272 g/mol. The van der Waals surface area contributed by atoms with Crippen molar-refractivity contribution in [1.29, 1.82) is 0 Å². The first-order valence-electron chi connectivity index (χ1n) is 6.04. The summed E-state index contributed by atoms with van der Waals surface area (Å²) in [4.78, 5) is 10.0. The molecule has 2 N–H and O–H groups in total. The molecule has 0 saturated heterocycles. The number of nitrogens with one attached hydrogen (secondary N) is 1. The average molecular weight is 287 g/mol. The molecule has 0 aliphatic heterocycles. The highest BCUT2D eigenvalue weighted by Crippen LogP contribution is 2.28. The maximum absolute atomic E-state index is 10.6. The van der Waals surface area contributed by atoms with E-state index in [1.165, 1.54) is 18.2 Å². The highest BCUT2D eigenvalue weighted by atomic mass is 35.5. The van der Waals surface area contributed by atoms with E-state index in [2.05, 4.69) is 5.32 Å². The number of aliphatic hydroxyl groups excluding tert-OH is 1. The minimum atomic E-state index is -0.616. The van der Waals surface area contributed by atoms with Gasteiger partial charge in [0.2, 0.25) is 0 Å². The Balaban J connectivity index is 1.81. The molecule has 1 unspecified atom stereocenters. The number of aliphatic hydroxyl groups is 1. The minimum Gasteiger partial charge on any atom is -0.491 e. The van der Waals surface area contributed by atoms with Crippen LogP contribution in [0.3, 0.4) is 0 Å². The van der Waals surface area contributed by atoms with Crippen LogP contribution in [-0.4, -0.2) is 35.3 Å². The summed E-state index contributed by atoms with van der Waals surface area (Å²) in [6, 6.07) is 4.65. The van der Waals surface area contributed by atoms with Crippen molar-refractivity contribution in [3.05, 3.63) is 33.3 Å². The Labute approximate surface area is 115 Å². The summed E-state index contributed by atoms with van der Waals surface area (Å²) in [6.45, 7) is 0.596. The van der Waals surface area contributed by atoms with Crippen molar-refractivity contribution in [1.82, 2.24) is 5.32 Å². The summed E-state index contributed by atoms with van der Waals surface area (Å²) < 4.78 is 5.34. The van der Waals surface area contributed by atoms with E-state index in [-0.39, 0.29) is 17.3 Å². The highest BCUT2D eigenvalue weighted by Gasteiger charge is 2.21. The molecule has 1 aliphatic carbocycles. The molecule has 0 amide bonds. The largest absolute Gasteiger partial charge is 0.491 e. The second-order valence-corrected chi connectivity index (χ2v) is 4.92. The first-order valence-corrected chi connectivity index (χ1v) is 6.42. The van der Waals surface area contributed by atoms with Crippen molar-refractivity contribution < 1.29 is 14.8 Å². The van der Waals surface area contributed by atoms with Crippen molar-refractivity contribution in [3.8, 4) is 5.75 Å². The van der Waals surface area contributed by atoms with Gasteiger partial charge in [0.15, 0.2) is 0 Å². The minimum absolute atomic E-state index is 0.0214. The number of hydrogen-bond donors (Lipinski definition) is 2. The molecule has 0 radical (unpaired) electrons. The fraction of sp³-hybridized carbons (Fsp3) is 0.500. The highest BCUT2D eigenvalue weighted by molar-refractivity contribution is 6.32. The van der Waals surface area contributed by atoms with Crippen molar-refractivity contribution >= 4 is 17.3 Å². The number of hydrogen-bond acceptors (Lipinski definition) is 5. The summed E-state index contributed by atoms with van der Waals surface area (Å²) in [5.41, 5.74) is -0.162. The van der Waals surface area contributed by atoms with Crippen LogP contribution in [0.4, 0.5) is 5.69 Å². The number of ether oxygens (including phenoxy) is 1. The van der Waals surface area contributed by atoms with Gasteiger partial charge in [0, 0.05) is 24.7 Å². The lowest BCUT2D eigenvalue weighted by molar-refractivity contribution is -0.384. The normalized spacial score (nSPS) is 16.1. The van der Waals surface area contributed by atoms with Gasteiger partial charge in [-0.2, -0.15) is 0 Å². The van der Waals surface area contributed by atoms with Gasteiger partial charge in [0.05, 0.1) is 4.92 Å². The quantitative estimate of drug-likeness (QED) is 0.589. The van der Waals surface area contributed by atoms with E-state index >= 15 is 0 Å². The third kappa shape index (κ3) is 4.34. The molecule has 1 aliphatic rings. The molecule has 6 nitrogen and oxygen atoms in total. The van der Waals surface area contributed by atoms with E-state index in [0.717, 1.165) is 12.8 Å². The lowest BCUT2D eigenvalue weighted by Gasteiger charge is -2.13.